The highest BCUT2D eigenvalue weighted by Crippen LogP contribution is 2.31. The van der Waals surface area contributed by atoms with Crippen LogP contribution in [0.1, 0.15) is 0 Å². The van der Waals surface area contributed by atoms with Gasteiger partial charge in [-0.25, -0.2) is 0 Å². The number of hydrogen-bond acceptors (Lipinski definition) is 4. The molecule has 0 unspecified atom stereocenters. The monoisotopic (exact) mass is 227 g/mol. The van der Waals surface area contributed by atoms with Crippen LogP contribution in [0.2, 0.25) is 4.34 Å². The summed E-state index contributed by atoms with van der Waals surface area (Å²) in [6, 6.07) is 4.96. The van der Waals surface area contributed by atoms with Crippen LogP contribution in [0.5, 0.6) is 0 Å². The Morgan fingerprint density at radius 3 is 2.71 bits per heavy atom. The summed E-state index contributed by atoms with van der Waals surface area (Å²) in [5, 5.41) is 19.0. The van der Waals surface area contributed by atoms with Crippen molar-refractivity contribution in [1.29, 1.82) is 0 Å². The van der Waals surface area contributed by atoms with Crippen LogP contribution >= 0.6 is 22.9 Å². The molecule has 6 heteroatoms. The first-order valence-corrected chi connectivity index (χ1v) is 5.12. The van der Waals surface area contributed by atoms with Crippen LogP contribution in [0.3, 0.4) is 0 Å². The Kier molecular flexibility index (Phi) is 2.40. The molecule has 3 nitrogen and oxygen atoms in total. The maximum Gasteiger partial charge on any atom is 0.489 e. The predicted octanol–water partition coefficient (Wildman–Crippen LogP) is 0.817. The van der Waals surface area contributed by atoms with Crippen molar-refractivity contribution >= 4 is 51.3 Å². The quantitative estimate of drug-likeness (QED) is 0.499. The van der Waals surface area contributed by atoms with Gasteiger partial charge in [-0.1, -0.05) is 17.7 Å². The van der Waals surface area contributed by atoms with Crippen molar-refractivity contribution in [2.45, 2.75) is 0 Å². The average molecular weight is 227 g/mol. The number of thiophene rings is 1. The number of rotatable bonds is 1. The maximum atomic E-state index is 9.10. The van der Waals surface area contributed by atoms with E-state index in [9.17, 15) is 0 Å². The van der Waals surface area contributed by atoms with Gasteiger partial charge in [-0.3, -0.25) is 0 Å². The molecule has 72 valence electrons. The van der Waals surface area contributed by atoms with Gasteiger partial charge in [-0.15, -0.1) is 11.3 Å². The Labute approximate surface area is 89.9 Å². The molecule has 1 heterocycles. The van der Waals surface area contributed by atoms with Gasteiger partial charge in [-0.05, 0) is 12.1 Å². The van der Waals surface area contributed by atoms with Crippen molar-refractivity contribution in [2.75, 3.05) is 5.73 Å². The van der Waals surface area contributed by atoms with E-state index in [1.807, 2.05) is 0 Å². The third kappa shape index (κ3) is 1.48. The molecule has 1 aromatic carbocycles. The summed E-state index contributed by atoms with van der Waals surface area (Å²) < 4.78 is 1.31. The SMILES string of the molecule is Nc1ccc(B(O)O)c2sc(Cl)cc12. The molecule has 0 aliphatic rings. The molecule has 0 radical (unpaired) electrons. The first-order valence-electron chi connectivity index (χ1n) is 3.93. The third-order valence-electron chi connectivity index (χ3n) is 2.00. The van der Waals surface area contributed by atoms with Gasteiger partial charge in [0.1, 0.15) is 0 Å². The number of nitrogen functional groups attached to an aromatic ring is 1. The van der Waals surface area contributed by atoms with Crippen LogP contribution in [-0.2, 0) is 0 Å². The van der Waals surface area contributed by atoms with E-state index < -0.39 is 7.12 Å². The van der Waals surface area contributed by atoms with Crippen LogP contribution < -0.4 is 11.2 Å². The molecule has 1 aromatic heterocycles. The molecular weight excluding hydrogens is 220 g/mol. The Morgan fingerprint density at radius 2 is 2.07 bits per heavy atom. The average Bonchev–Trinajstić information content (AvgIpc) is 2.47. The number of nitrogens with two attached hydrogens (primary N) is 1. The van der Waals surface area contributed by atoms with Crippen LogP contribution in [0, 0.1) is 0 Å². The maximum absolute atomic E-state index is 9.10. The number of benzene rings is 1. The molecule has 0 bridgehead atoms. The zero-order valence-electron chi connectivity index (χ0n) is 7.07. The molecule has 0 saturated heterocycles. The molecule has 0 amide bonds. The molecule has 2 rings (SSSR count). The summed E-state index contributed by atoms with van der Waals surface area (Å²) in [5.41, 5.74) is 6.75. The molecule has 0 fully saturated rings. The molecule has 2 aromatic rings. The first kappa shape index (κ1) is 9.80. The lowest BCUT2D eigenvalue weighted by atomic mass is 9.79. The van der Waals surface area contributed by atoms with Crippen molar-refractivity contribution in [2.24, 2.45) is 0 Å². The summed E-state index contributed by atoms with van der Waals surface area (Å²) in [4.78, 5) is 0. The summed E-state index contributed by atoms with van der Waals surface area (Å²) in [6.45, 7) is 0. The van der Waals surface area contributed by atoms with E-state index in [4.69, 9.17) is 27.4 Å². The minimum Gasteiger partial charge on any atom is -0.423 e. The first-order chi connectivity index (χ1) is 6.59. The summed E-state index contributed by atoms with van der Waals surface area (Å²) >= 11 is 7.12. The van der Waals surface area contributed by atoms with E-state index in [1.165, 1.54) is 11.3 Å². The van der Waals surface area contributed by atoms with Gasteiger partial charge in [0.05, 0.1) is 4.34 Å². The lowest BCUT2D eigenvalue weighted by molar-refractivity contribution is 0.426. The molecule has 4 N–H and O–H groups in total. The van der Waals surface area contributed by atoms with Crippen LogP contribution in [0.15, 0.2) is 18.2 Å². The molecule has 0 spiro atoms. The third-order valence-corrected chi connectivity index (χ3v) is 3.31. The fourth-order valence-corrected chi connectivity index (χ4v) is 2.63. The zero-order valence-corrected chi connectivity index (χ0v) is 8.64. The second kappa shape index (κ2) is 3.44. The number of halogens is 1. The predicted molar refractivity (Wildman–Crippen MR) is 61.1 cm³/mol. The highest BCUT2D eigenvalue weighted by molar-refractivity contribution is 7.24. The molecule has 0 atom stereocenters. The Balaban J connectivity index is 2.81. The second-order valence-corrected chi connectivity index (χ2v) is 4.59. The molecule has 0 aliphatic carbocycles. The molecular formula is C8H7BClNO2S. The Morgan fingerprint density at radius 1 is 1.36 bits per heavy atom. The van der Waals surface area contributed by atoms with Crippen LogP contribution in [0.4, 0.5) is 5.69 Å². The molecule has 0 saturated carbocycles. The van der Waals surface area contributed by atoms with Crippen molar-refractivity contribution in [3.63, 3.8) is 0 Å². The second-order valence-electron chi connectivity index (χ2n) is 2.91. The fraction of sp³-hybridized carbons (Fsp3) is 0. The zero-order chi connectivity index (χ0) is 10.3. The Bertz CT molecular complexity index is 485. The highest BCUT2D eigenvalue weighted by atomic mass is 35.5. The van der Waals surface area contributed by atoms with Gasteiger partial charge in [-0.2, -0.15) is 0 Å². The smallest absolute Gasteiger partial charge is 0.423 e. The molecule has 0 aliphatic heterocycles. The highest BCUT2D eigenvalue weighted by Gasteiger charge is 2.17. The summed E-state index contributed by atoms with van der Waals surface area (Å²) in [7, 11) is -1.49. The van der Waals surface area contributed by atoms with Crippen LogP contribution in [0.25, 0.3) is 10.1 Å². The van der Waals surface area contributed by atoms with E-state index in [2.05, 4.69) is 0 Å². The van der Waals surface area contributed by atoms with Gasteiger partial charge >= 0.3 is 7.12 Å². The van der Waals surface area contributed by atoms with Gasteiger partial charge in [0, 0.05) is 21.2 Å². The van der Waals surface area contributed by atoms with E-state index in [0.717, 1.165) is 10.1 Å². The number of anilines is 1. The number of hydrogen-bond donors (Lipinski definition) is 3. The topological polar surface area (TPSA) is 66.5 Å². The minimum atomic E-state index is -1.49. The van der Waals surface area contributed by atoms with E-state index in [1.54, 1.807) is 18.2 Å². The molecule has 14 heavy (non-hydrogen) atoms. The van der Waals surface area contributed by atoms with Gasteiger partial charge in [0.25, 0.3) is 0 Å². The Hall–Kier alpha value is -0.745. The van der Waals surface area contributed by atoms with Crippen LogP contribution in [-0.4, -0.2) is 17.2 Å². The van der Waals surface area contributed by atoms with Crippen molar-refractivity contribution < 1.29 is 10.0 Å². The normalized spacial score (nSPS) is 10.8. The number of fused-ring (bicyclic) bond motifs is 1. The fourth-order valence-electron chi connectivity index (χ4n) is 1.34. The minimum absolute atomic E-state index is 0.436. The lowest BCUT2D eigenvalue weighted by Crippen LogP contribution is -2.29. The summed E-state index contributed by atoms with van der Waals surface area (Å²) in [5.74, 6) is 0. The van der Waals surface area contributed by atoms with Crippen molar-refractivity contribution in [3.05, 3.63) is 22.5 Å². The van der Waals surface area contributed by atoms with Crippen molar-refractivity contribution in [3.8, 4) is 0 Å². The standard InChI is InChI=1S/C8H7BClNO2S/c10-7-3-4-6(11)2-1-5(9(12)13)8(4)14-7/h1-3,12-13H,11H2. The van der Waals surface area contributed by atoms with E-state index in [-0.39, 0.29) is 0 Å². The van der Waals surface area contributed by atoms with E-state index in [0.29, 0.717) is 15.5 Å². The van der Waals surface area contributed by atoms with Gasteiger partial charge in [0.15, 0.2) is 0 Å². The van der Waals surface area contributed by atoms with Gasteiger partial charge in [0.2, 0.25) is 0 Å². The van der Waals surface area contributed by atoms with Gasteiger partial charge < -0.3 is 15.8 Å². The van der Waals surface area contributed by atoms with E-state index >= 15 is 0 Å². The van der Waals surface area contributed by atoms with Crippen molar-refractivity contribution in [1.82, 2.24) is 0 Å². The largest absolute Gasteiger partial charge is 0.489 e. The summed E-state index contributed by atoms with van der Waals surface area (Å²) in [6.07, 6.45) is 0. The lowest BCUT2D eigenvalue weighted by Gasteiger charge is -2.02.